The van der Waals surface area contributed by atoms with Crippen molar-refractivity contribution in [3.8, 4) is 5.75 Å². The molecule has 1 atom stereocenters. The number of nitrogens with one attached hydrogen (secondary N) is 2. The van der Waals surface area contributed by atoms with Gasteiger partial charge in [-0.1, -0.05) is 18.2 Å². The van der Waals surface area contributed by atoms with Crippen molar-refractivity contribution in [3.63, 3.8) is 0 Å². The van der Waals surface area contributed by atoms with Crippen molar-refractivity contribution in [2.75, 3.05) is 13.1 Å². The highest BCUT2D eigenvalue weighted by atomic mass is 35.5. The second-order valence-electron chi connectivity index (χ2n) is 6.64. The van der Waals surface area contributed by atoms with Gasteiger partial charge in [-0.2, -0.15) is 5.10 Å². The lowest BCUT2D eigenvalue weighted by Crippen LogP contribution is -2.32. The van der Waals surface area contributed by atoms with Crippen LogP contribution in [-0.4, -0.2) is 34.9 Å². The van der Waals surface area contributed by atoms with Crippen molar-refractivity contribution in [1.82, 2.24) is 20.4 Å². The van der Waals surface area contributed by atoms with E-state index in [-0.39, 0.29) is 24.4 Å². The lowest BCUT2D eigenvalue weighted by Gasteiger charge is -2.22. The van der Waals surface area contributed by atoms with Crippen LogP contribution in [0.25, 0.3) is 0 Å². The third-order valence-electron chi connectivity index (χ3n) is 4.26. The summed E-state index contributed by atoms with van der Waals surface area (Å²) in [6, 6.07) is 9.87. The molecule has 3 rings (SSSR count). The van der Waals surface area contributed by atoms with E-state index in [1.54, 1.807) is 6.07 Å². The Morgan fingerprint density at radius 2 is 2.19 bits per heavy atom. The average Bonchev–Trinajstić information content (AvgIpc) is 3.11. The summed E-state index contributed by atoms with van der Waals surface area (Å²) in [6.45, 7) is 6.36. The molecule has 7 heteroatoms. The lowest BCUT2D eigenvalue weighted by molar-refractivity contribution is 0.0944. The fraction of sp³-hybridized carbons (Fsp3) is 0.474. The van der Waals surface area contributed by atoms with Crippen LogP contribution in [0.5, 0.6) is 5.75 Å². The number of hydrogen-bond acceptors (Lipinski definition) is 4. The van der Waals surface area contributed by atoms with Crippen molar-refractivity contribution in [3.05, 3.63) is 47.8 Å². The third kappa shape index (κ3) is 5.22. The quantitative estimate of drug-likeness (QED) is 0.810. The number of para-hydroxylation sites is 1. The SMILES string of the molecule is CC(C)Oc1ccccc1CNC(=O)c1ccn(C2CCCNC2)n1.Cl. The first-order chi connectivity index (χ1) is 12.1. The number of aromatic nitrogens is 2. The molecule has 1 aliphatic heterocycles. The number of benzene rings is 1. The highest BCUT2D eigenvalue weighted by Crippen LogP contribution is 2.19. The molecule has 1 unspecified atom stereocenters. The van der Waals surface area contributed by atoms with Gasteiger partial charge in [-0.15, -0.1) is 12.4 Å². The Balaban J connectivity index is 0.00000243. The molecule has 2 aromatic rings. The van der Waals surface area contributed by atoms with Gasteiger partial charge in [0.05, 0.1) is 12.1 Å². The van der Waals surface area contributed by atoms with Crippen molar-refractivity contribution in [1.29, 1.82) is 0 Å². The predicted molar refractivity (Wildman–Crippen MR) is 104 cm³/mol. The molecule has 0 saturated carbocycles. The van der Waals surface area contributed by atoms with Gasteiger partial charge in [0, 0.05) is 24.8 Å². The first kappa shape index (κ1) is 20.3. The molecule has 142 valence electrons. The summed E-state index contributed by atoms with van der Waals surface area (Å²) in [5.41, 5.74) is 1.41. The summed E-state index contributed by atoms with van der Waals surface area (Å²) in [5, 5.41) is 10.7. The molecule has 1 fully saturated rings. The number of halogens is 1. The molecule has 0 spiro atoms. The molecule has 1 amide bonds. The van der Waals surface area contributed by atoms with E-state index in [9.17, 15) is 4.79 Å². The van der Waals surface area contributed by atoms with Crippen LogP contribution < -0.4 is 15.4 Å². The van der Waals surface area contributed by atoms with Crippen LogP contribution in [0.4, 0.5) is 0 Å². The van der Waals surface area contributed by atoms with Crippen molar-refractivity contribution < 1.29 is 9.53 Å². The van der Waals surface area contributed by atoms with Crippen LogP contribution >= 0.6 is 12.4 Å². The van der Waals surface area contributed by atoms with Gasteiger partial charge in [0.15, 0.2) is 0 Å². The molecule has 2 N–H and O–H groups in total. The number of nitrogens with zero attached hydrogens (tertiary/aromatic N) is 2. The van der Waals surface area contributed by atoms with Gasteiger partial charge in [0.25, 0.3) is 5.91 Å². The largest absolute Gasteiger partial charge is 0.491 e. The minimum atomic E-state index is -0.165. The van der Waals surface area contributed by atoms with Gasteiger partial charge < -0.3 is 15.4 Å². The van der Waals surface area contributed by atoms with E-state index in [0.717, 1.165) is 37.2 Å². The number of amides is 1. The Morgan fingerprint density at radius 3 is 2.92 bits per heavy atom. The summed E-state index contributed by atoms with van der Waals surface area (Å²) in [4.78, 5) is 12.4. The van der Waals surface area contributed by atoms with Crippen LogP contribution in [0.1, 0.15) is 48.8 Å². The smallest absolute Gasteiger partial charge is 0.272 e. The first-order valence-electron chi connectivity index (χ1n) is 8.92. The van der Waals surface area contributed by atoms with E-state index in [4.69, 9.17) is 4.74 Å². The Labute approximate surface area is 160 Å². The van der Waals surface area contributed by atoms with E-state index >= 15 is 0 Å². The van der Waals surface area contributed by atoms with E-state index in [0.29, 0.717) is 18.3 Å². The molecule has 0 aliphatic carbocycles. The molecular weight excluding hydrogens is 352 g/mol. The van der Waals surface area contributed by atoms with Gasteiger partial charge in [-0.25, -0.2) is 0 Å². The number of rotatable bonds is 6. The highest BCUT2D eigenvalue weighted by Gasteiger charge is 2.17. The maximum Gasteiger partial charge on any atom is 0.272 e. The average molecular weight is 379 g/mol. The van der Waals surface area contributed by atoms with E-state index in [1.165, 1.54) is 0 Å². The van der Waals surface area contributed by atoms with Crippen molar-refractivity contribution in [2.24, 2.45) is 0 Å². The second-order valence-corrected chi connectivity index (χ2v) is 6.64. The lowest BCUT2D eigenvalue weighted by atomic mass is 10.1. The highest BCUT2D eigenvalue weighted by molar-refractivity contribution is 5.92. The molecule has 2 heterocycles. The summed E-state index contributed by atoms with van der Waals surface area (Å²) < 4.78 is 7.69. The first-order valence-corrected chi connectivity index (χ1v) is 8.92. The molecule has 1 saturated heterocycles. The number of piperidine rings is 1. The van der Waals surface area contributed by atoms with E-state index < -0.39 is 0 Å². The molecule has 26 heavy (non-hydrogen) atoms. The number of carbonyl (C=O) groups excluding carboxylic acids is 1. The molecule has 1 aromatic heterocycles. The molecule has 1 aliphatic rings. The summed E-state index contributed by atoms with van der Waals surface area (Å²) in [5.74, 6) is 0.637. The Kier molecular flexibility index (Phi) is 7.48. The molecule has 0 radical (unpaired) electrons. The van der Waals surface area contributed by atoms with Gasteiger partial charge in [0.1, 0.15) is 11.4 Å². The van der Waals surface area contributed by atoms with Crippen molar-refractivity contribution in [2.45, 2.75) is 45.4 Å². The van der Waals surface area contributed by atoms with Crippen LogP contribution in [0, 0.1) is 0 Å². The molecule has 0 bridgehead atoms. The van der Waals surface area contributed by atoms with Crippen LogP contribution in [0.3, 0.4) is 0 Å². The minimum absolute atomic E-state index is 0. The third-order valence-corrected chi connectivity index (χ3v) is 4.26. The fourth-order valence-electron chi connectivity index (χ4n) is 3.01. The van der Waals surface area contributed by atoms with Crippen molar-refractivity contribution >= 4 is 18.3 Å². The molecule has 1 aromatic carbocycles. The number of ether oxygens (including phenoxy) is 1. The van der Waals surface area contributed by atoms with Crippen LogP contribution in [0.2, 0.25) is 0 Å². The topological polar surface area (TPSA) is 68.2 Å². The number of carbonyl (C=O) groups is 1. The van der Waals surface area contributed by atoms with Crippen LogP contribution in [-0.2, 0) is 6.54 Å². The van der Waals surface area contributed by atoms with Gasteiger partial charge in [-0.05, 0) is 45.4 Å². The Morgan fingerprint density at radius 1 is 1.38 bits per heavy atom. The number of hydrogen-bond donors (Lipinski definition) is 2. The maximum absolute atomic E-state index is 12.4. The molecular formula is C19H27ClN4O2. The Hall–Kier alpha value is -2.05. The van der Waals surface area contributed by atoms with E-state index in [2.05, 4.69) is 15.7 Å². The second kappa shape index (κ2) is 9.59. The zero-order chi connectivity index (χ0) is 17.6. The van der Waals surface area contributed by atoms with Gasteiger partial charge >= 0.3 is 0 Å². The summed E-state index contributed by atoms with van der Waals surface area (Å²) in [6.07, 6.45) is 4.22. The minimum Gasteiger partial charge on any atom is -0.491 e. The monoisotopic (exact) mass is 378 g/mol. The molecule has 6 nitrogen and oxygen atoms in total. The van der Waals surface area contributed by atoms with Crippen LogP contribution in [0.15, 0.2) is 36.5 Å². The zero-order valence-corrected chi connectivity index (χ0v) is 16.1. The van der Waals surface area contributed by atoms with Gasteiger partial charge in [-0.3, -0.25) is 9.48 Å². The standard InChI is InChI=1S/C19H26N4O2.ClH/c1-14(2)25-18-8-4-3-6-15(18)12-21-19(24)17-9-11-23(22-17)16-7-5-10-20-13-16;/h3-4,6,8-9,11,14,16,20H,5,7,10,12-13H2,1-2H3,(H,21,24);1H. The fourth-order valence-corrected chi connectivity index (χ4v) is 3.01. The Bertz CT molecular complexity index is 711. The summed E-state index contributed by atoms with van der Waals surface area (Å²) in [7, 11) is 0. The zero-order valence-electron chi connectivity index (χ0n) is 15.3. The summed E-state index contributed by atoms with van der Waals surface area (Å²) >= 11 is 0. The predicted octanol–water partition coefficient (Wildman–Crippen LogP) is 2.95. The maximum atomic E-state index is 12.4. The van der Waals surface area contributed by atoms with E-state index in [1.807, 2.05) is 49.0 Å². The van der Waals surface area contributed by atoms with Gasteiger partial charge in [0.2, 0.25) is 0 Å². The normalized spacial score (nSPS) is 16.8.